The minimum atomic E-state index is -3.27. The number of carbonyl (C=O) groups is 1. The predicted octanol–water partition coefficient (Wildman–Crippen LogP) is 4.08. The van der Waals surface area contributed by atoms with Crippen LogP contribution in [0.1, 0.15) is 28.3 Å². The molecule has 1 amide bonds. The van der Waals surface area contributed by atoms with Gasteiger partial charge in [-0.15, -0.1) is 0 Å². The fourth-order valence-electron chi connectivity index (χ4n) is 5.87. The van der Waals surface area contributed by atoms with Gasteiger partial charge in [0.1, 0.15) is 18.1 Å². The SMILES string of the molecule is Cn1c(C[N+](C)(C)Cc2ccc(/C=C/C(=O)N3CC(CO)c4c3cc(N)c3ccccc43)cc2)ccc1S(C)(=O)=O. The number of aliphatic hydroxyl groups excluding tert-OH is 1. The highest BCUT2D eigenvalue weighted by Gasteiger charge is 2.33. The van der Waals surface area contributed by atoms with Crippen LogP contribution in [-0.2, 0) is 34.8 Å². The summed E-state index contributed by atoms with van der Waals surface area (Å²) in [5.41, 5.74) is 11.7. The number of nitrogen functional groups attached to an aromatic ring is 1. The Labute approximate surface area is 241 Å². The molecule has 1 aromatic heterocycles. The molecule has 2 heterocycles. The molecule has 0 saturated heterocycles. The lowest BCUT2D eigenvalue weighted by molar-refractivity contribution is -0.917. The molecule has 0 fully saturated rings. The highest BCUT2D eigenvalue weighted by atomic mass is 32.2. The zero-order valence-electron chi connectivity index (χ0n) is 23.9. The number of rotatable bonds is 8. The molecular formula is C32H37N4O4S+. The minimum Gasteiger partial charge on any atom is -0.398 e. The van der Waals surface area contributed by atoms with E-state index in [9.17, 15) is 18.3 Å². The van der Waals surface area contributed by atoms with Crippen LogP contribution in [0.5, 0.6) is 0 Å². The number of sulfone groups is 1. The quantitative estimate of drug-likeness (QED) is 0.188. The molecule has 0 bridgehead atoms. The number of nitrogens with two attached hydrogens (primary N) is 1. The summed E-state index contributed by atoms with van der Waals surface area (Å²) in [6.07, 6.45) is 4.60. The third-order valence-electron chi connectivity index (χ3n) is 7.84. The van der Waals surface area contributed by atoms with Gasteiger partial charge in [-0.2, -0.15) is 0 Å². The molecule has 41 heavy (non-hydrogen) atoms. The van der Waals surface area contributed by atoms with Gasteiger partial charge in [0.05, 0.1) is 32.1 Å². The van der Waals surface area contributed by atoms with Crippen molar-refractivity contribution in [3.8, 4) is 0 Å². The molecule has 1 unspecified atom stereocenters. The van der Waals surface area contributed by atoms with Crippen molar-refractivity contribution in [2.45, 2.75) is 24.0 Å². The summed E-state index contributed by atoms with van der Waals surface area (Å²) >= 11 is 0. The lowest BCUT2D eigenvalue weighted by Crippen LogP contribution is -2.38. The molecule has 8 nitrogen and oxygen atoms in total. The van der Waals surface area contributed by atoms with Gasteiger partial charge < -0.3 is 24.8 Å². The Bertz CT molecular complexity index is 1750. The van der Waals surface area contributed by atoms with Crippen LogP contribution < -0.4 is 10.6 Å². The number of anilines is 2. The van der Waals surface area contributed by atoms with E-state index in [1.807, 2.05) is 48.5 Å². The van der Waals surface area contributed by atoms with Crippen molar-refractivity contribution in [1.82, 2.24) is 4.57 Å². The third-order valence-corrected chi connectivity index (χ3v) is 9.01. The molecule has 1 aliphatic heterocycles. The number of hydrogen-bond acceptors (Lipinski definition) is 5. The number of hydrogen-bond donors (Lipinski definition) is 2. The van der Waals surface area contributed by atoms with Crippen molar-refractivity contribution in [3.05, 3.63) is 95.2 Å². The van der Waals surface area contributed by atoms with Gasteiger partial charge in [0.2, 0.25) is 0 Å². The number of aliphatic hydroxyl groups is 1. The fraction of sp³-hybridized carbons (Fsp3) is 0.281. The van der Waals surface area contributed by atoms with Crippen molar-refractivity contribution in [2.75, 3.05) is 44.1 Å². The number of amides is 1. The van der Waals surface area contributed by atoms with Crippen LogP contribution in [0.25, 0.3) is 16.8 Å². The zero-order valence-corrected chi connectivity index (χ0v) is 24.7. The average molecular weight is 574 g/mol. The summed E-state index contributed by atoms with van der Waals surface area (Å²) < 4.78 is 26.4. The summed E-state index contributed by atoms with van der Waals surface area (Å²) in [6.45, 7) is 1.79. The lowest BCUT2D eigenvalue weighted by Gasteiger charge is -2.30. The van der Waals surface area contributed by atoms with Crippen molar-refractivity contribution >= 4 is 44.0 Å². The average Bonchev–Trinajstić information content (AvgIpc) is 3.48. The number of nitrogens with zero attached hydrogens (tertiary/aromatic N) is 3. The molecule has 1 aliphatic rings. The van der Waals surface area contributed by atoms with Gasteiger partial charge in [-0.25, -0.2) is 8.42 Å². The van der Waals surface area contributed by atoms with Crippen LogP contribution in [-0.4, -0.2) is 62.0 Å². The summed E-state index contributed by atoms with van der Waals surface area (Å²) in [6, 6.07) is 21.3. The smallest absolute Gasteiger partial charge is 0.251 e. The first-order valence-corrected chi connectivity index (χ1v) is 15.4. The van der Waals surface area contributed by atoms with Crippen molar-refractivity contribution in [3.63, 3.8) is 0 Å². The molecule has 4 aromatic rings. The summed E-state index contributed by atoms with van der Waals surface area (Å²) in [5, 5.41) is 12.3. The van der Waals surface area contributed by atoms with Gasteiger partial charge >= 0.3 is 0 Å². The van der Waals surface area contributed by atoms with Crippen molar-refractivity contribution in [1.29, 1.82) is 0 Å². The van der Waals surface area contributed by atoms with Gasteiger partial charge in [-0.05, 0) is 40.8 Å². The van der Waals surface area contributed by atoms with E-state index in [1.165, 1.54) is 6.26 Å². The number of fused-ring (bicyclic) bond motifs is 3. The van der Waals surface area contributed by atoms with Crippen LogP contribution in [0.4, 0.5) is 11.4 Å². The monoisotopic (exact) mass is 573 g/mol. The van der Waals surface area contributed by atoms with E-state index in [0.29, 0.717) is 28.3 Å². The molecule has 0 saturated carbocycles. The molecule has 5 rings (SSSR count). The zero-order chi connectivity index (χ0) is 29.5. The van der Waals surface area contributed by atoms with E-state index in [-0.39, 0.29) is 18.4 Å². The van der Waals surface area contributed by atoms with Gasteiger partial charge in [0.15, 0.2) is 9.84 Å². The first-order chi connectivity index (χ1) is 19.4. The largest absolute Gasteiger partial charge is 0.398 e. The molecule has 1 atom stereocenters. The van der Waals surface area contributed by atoms with Crippen LogP contribution in [0.2, 0.25) is 0 Å². The van der Waals surface area contributed by atoms with Gasteiger partial charge in [-0.1, -0.05) is 48.5 Å². The van der Waals surface area contributed by atoms with Crippen LogP contribution in [0.15, 0.2) is 77.8 Å². The van der Waals surface area contributed by atoms with E-state index in [2.05, 4.69) is 26.2 Å². The second-order valence-electron chi connectivity index (χ2n) is 11.6. The van der Waals surface area contributed by atoms with Crippen LogP contribution >= 0.6 is 0 Å². The van der Waals surface area contributed by atoms with Gasteiger partial charge in [0.25, 0.3) is 5.91 Å². The Morgan fingerprint density at radius 3 is 2.37 bits per heavy atom. The summed E-state index contributed by atoms with van der Waals surface area (Å²) in [4.78, 5) is 15.0. The Balaban J connectivity index is 1.28. The lowest BCUT2D eigenvalue weighted by atomic mass is 9.94. The van der Waals surface area contributed by atoms with E-state index in [0.717, 1.165) is 45.4 Å². The van der Waals surface area contributed by atoms with E-state index >= 15 is 0 Å². The molecule has 0 radical (unpaired) electrons. The topological polar surface area (TPSA) is 106 Å². The molecule has 3 N–H and O–H groups in total. The molecular weight excluding hydrogens is 536 g/mol. The Kier molecular flexibility index (Phi) is 7.54. The second-order valence-corrected chi connectivity index (χ2v) is 13.6. The second kappa shape index (κ2) is 10.8. The summed E-state index contributed by atoms with van der Waals surface area (Å²) in [7, 11) is 2.74. The minimum absolute atomic E-state index is 0.0479. The highest BCUT2D eigenvalue weighted by Crippen LogP contribution is 2.43. The number of benzene rings is 3. The van der Waals surface area contributed by atoms with Crippen molar-refractivity contribution in [2.24, 2.45) is 7.05 Å². The van der Waals surface area contributed by atoms with Crippen LogP contribution in [0, 0.1) is 0 Å². The standard InChI is InChI=1S/C32H37N4O4S/c1-34-25(14-16-31(34)41(4,39)40)20-36(2,3)19-23-11-9-22(10-12-23)13-15-30(38)35-18-24(21-37)32-27-8-6-5-7-26(27)28(33)17-29(32)35/h5-17,24,37H,18-21,33H2,1-4H3/q+1/b15-13+. The van der Waals surface area contributed by atoms with E-state index in [4.69, 9.17) is 5.73 Å². The van der Waals surface area contributed by atoms with Gasteiger partial charge in [-0.3, -0.25) is 4.79 Å². The molecule has 0 aliphatic carbocycles. The number of carbonyl (C=O) groups excluding carboxylic acids is 1. The fourth-order valence-corrected chi connectivity index (χ4v) is 6.80. The van der Waals surface area contributed by atoms with E-state index in [1.54, 1.807) is 34.7 Å². The highest BCUT2D eigenvalue weighted by molar-refractivity contribution is 7.90. The molecule has 3 aromatic carbocycles. The Morgan fingerprint density at radius 2 is 1.73 bits per heavy atom. The summed E-state index contributed by atoms with van der Waals surface area (Å²) in [5.74, 6) is -0.322. The maximum absolute atomic E-state index is 13.3. The molecule has 0 spiro atoms. The number of quaternary nitrogens is 1. The molecule has 9 heteroatoms. The maximum atomic E-state index is 13.3. The van der Waals surface area contributed by atoms with Crippen molar-refractivity contribution < 1.29 is 22.8 Å². The van der Waals surface area contributed by atoms with E-state index < -0.39 is 9.84 Å². The number of aromatic nitrogens is 1. The first-order valence-electron chi connectivity index (χ1n) is 13.5. The molecule has 214 valence electrons. The Morgan fingerprint density at radius 1 is 1.05 bits per heavy atom. The predicted molar refractivity (Wildman–Crippen MR) is 164 cm³/mol. The van der Waals surface area contributed by atoms with Gasteiger partial charge in [0, 0.05) is 48.5 Å². The van der Waals surface area contributed by atoms with Crippen LogP contribution in [0.3, 0.4) is 0 Å². The first kappa shape index (κ1) is 28.6. The Hall–Kier alpha value is -3.92. The third kappa shape index (κ3) is 5.79. The normalized spacial score (nSPS) is 15.6. The maximum Gasteiger partial charge on any atom is 0.251 e.